The van der Waals surface area contributed by atoms with Crippen molar-refractivity contribution in [2.24, 2.45) is 0 Å². The molecule has 1 atom stereocenters. The van der Waals surface area contributed by atoms with E-state index in [-0.39, 0.29) is 5.92 Å². The Morgan fingerprint density at radius 1 is 0.909 bits per heavy atom. The molecule has 3 aromatic rings. The van der Waals surface area contributed by atoms with Crippen molar-refractivity contribution >= 4 is 16.7 Å². The lowest BCUT2D eigenvalue weighted by Gasteiger charge is -2.22. The zero-order chi connectivity index (χ0) is 14.9. The Bertz CT molecular complexity index is 816. The molecule has 2 heteroatoms. The molecule has 4 rings (SSSR count). The van der Waals surface area contributed by atoms with Gasteiger partial charge in [0.1, 0.15) is 5.78 Å². The van der Waals surface area contributed by atoms with Gasteiger partial charge in [-0.25, -0.2) is 0 Å². The zero-order valence-electron chi connectivity index (χ0n) is 12.5. The predicted octanol–water partition coefficient (Wildman–Crippen LogP) is 4.86. The van der Waals surface area contributed by atoms with E-state index in [4.69, 9.17) is 0 Å². The Morgan fingerprint density at radius 2 is 1.68 bits per heavy atom. The highest BCUT2D eigenvalue weighted by atomic mass is 16.1. The number of rotatable bonds is 2. The molecule has 22 heavy (non-hydrogen) atoms. The summed E-state index contributed by atoms with van der Waals surface area (Å²) in [6.07, 6.45) is 3.89. The minimum Gasteiger partial charge on any atom is -0.313 e. The highest BCUT2D eigenvalue weighted by Crippen LogP contribution is 2.35. The van der Waals surface area contributed by atoms with E-state index in [9.17, 15) is 4.79 Å². The normalized spacial score (nSPS) is 18.7. The summed E-state index contributed by atoms with van der Waals surface area (Å²) in [6.45, 7) is 0. The Kier molecular flexibility index (Phi) is 3.30. The summed E-state index contributed by atoms with van der Waals surface area (Å²) in [5.41, 5.74) is 3.47. The van der Waals surface area contributed by atoms with Crippen LogP contribution in [0.2, 0.25) is 0 Å². The van der Waals surface area contributed by atoms with E-state index < -0.39 is 0 Å². The molecule has 1 aliphatic carbocycles. The monoisotopic (exact) mass is 289 g/mol. The first kappa shape index (κ1) is 13.3. The smallest absolute Gasteiger partial charge is 0.141 e. The van der Waals surface area contributed by atoms with Crippen molar-refractivity contribution in [1.82, 2.24) is 4.57 Å². The second kappa shape index (κ2) is 5.45. The van der Waals surface area contributed by atoms with Gasteiger partial charge >= 0.3 is 0 Å². The molecule has 0 N–H and O–H groups in total. The molecule has 1 unspecified atom stereocenters. The van der Waals surface area contributed by atoms with E-state index in [2.05, 4.69) is 59.2 Å². The molecule has 2 nitrogen and oxygen atoms in total. The lowest BCUT2D eigenvalue weighted by molar-refractivity contribution is -0.122. The molecular formula is C20H19NO. The van der Waals surface area contributed by atoms with Crippen LogP contribution in [0.1, 0.15) is 37.3 Å². The number of ketones is 1. The summed E-state index contributed by atoms with van der Waals surface area (Å²) in [4.78, 5) is 12.4. The zero-order valence-corrected chi connectivity index (χ0v) is 12.5. The van der Waals surface area contributed by atoms with Crippen LogP contribution in [-0.2, 0) is 4.79 Å². The van der Waals surface area contributed by atoms with Gasteiger partial charge in [-0.3, -0.25) is 4.79 Å². The minimum absolute atomic E-state index is 0.0429. The van der Waals surface area contributed by atoms with E-state index >= 15 is 0 Å². The van der Waals surface area contributed by atoms with Crippen LogP contribution in [0.15, 0.2) is 60.7 Å². The fourth-order valence-electron chi connectivity index (χ4n) is 3.59. The van der Waals surface area contributed by atoms with Crippen LogP contribution in [0.3, 0.4) is 0 Å². The lowest BCUT2D eigenvalue weighted by Crippen LogP contribution is -2.19. The van der Waals surface area contributed by atoms with Crippen molar-refractivity contribution in [3.05, 3.63) is 66.4 Å². The van der Waals surface area contributed by atoms with Crippen LogP contribution in [0.5, 0.6) is 0 Å². The molecule has 0 aliphatic heterocycles. The van der Waals surface area contributed by atoms with Gasteiger partial charge in [0.15, 0.2) is 0 Å². The van der Waals surface area contributed by atoms with E-state index in [1.165, 1.54) is 10.9 Å². The summed E-state index contributed by atoms with van der Waals surface area (Å²) in [5.74, 6) is 0.438. The number of Topliss-reactive ketones (excluding diaryl/α,β-unsaturated/α-hetero) is 1. The number of carbonyl (C=O) groups is 1. The maximum Gasteiger partial charge on any atom is 0.141 e. The molecule has 1 aliphatic rings. The molecule has 1 aromatic heterocycles. The van der Waals surface area contributed by atoms with Crippen LogP contribution in [-0.4, -0.2) is 10.4 Å². The van der Waals surface area contributed by atoms with Crippen molar-refractivity contribution in [2.45, 2.75) is 31.6 Å². The number of hydrogen-bond donors (Lipinski definition) is 0. The molecule has 1 heterocycles. The van der Waals surface area contributed by atoms with E-state index in [1.54, 1.807) is 0 Å². The number of para-hydroxylation sites is 2. The Balaban J connectivity index is 1.96. The second-order valence-electron chi connectivity index (χ2n) is 6.06. The number of hydrogen-bond acceptors (Lipinski definition) is 1. The molecule has 2 aromatic carbocycles. The number of carbonyl (C=O) groups excluding carboxylic acids is 1. The minimum atomic E-state index is 0.0429. The fraction of sp³-hybridized carbons (Fsp3) is 0.250. The Labute approximate surface area is 130 Å². The van der Waals surface area contributed by atoms with Gasteiger partial charge in [-0.2, -0.15) is 0 Å². The van der Waals surface area contributed by atoms with Crippen LogP contribution in [0, 0.1) is 0 Å². The Hall–Kier alpha value is -2.35. The third-order valence-electron chi connectivity index (χ3n) is 4.67. The molecule has 0 spiro atoms. The second-order valence-corrected chi connectivity index (χ2v) is 6.06. The van der Waals surface area contributed by atoms with Crippen LogP contribution in [0.4, 0.5) is 0 Å². The van der Waals surface area contributed by atoms with Gasteiger partial charge in [-0.15, -0.1) is 0 Å². The van der Waals surface area contributed by atoms with Gasteiger partial charge in [0, 0.05) is 23.2 Å². The first-order valence-electron chi connectivity index (χ1n) is 8.03. The number of benzene rings is 2. The van der Waals surface area contributed by atoms with Gasteiger partial charge in [0.05, 0.1) is 11.4 Å². The van der Waals surface area contributed by atoms with Gasteiger partial charge in [0.25, 0.3) is 0 Å². The SMILES string of the molecule is O=C1CCCCC1c1cc2ccccc2n1-c1ccccc1. The number of nitrogens with zero attached hydrogens (tertiary/aromatic N) is 1. The van der Waals surface area contributed by atoms with Crippen molar-refractivity contribution in [3.63, 3.8) is 0 Å². The first-order chi connectivity index (χ1) is 10.8. The molecule has 1 saturated carbocycles. The van der Waals surface area contributed by atoms with Crippen molar-refractivity contribution in [2.75, 3.05) is 0 Å². The van der Waals surface area contributed by atoms with Crippen molar-refractivity contribution in [1.29, 1.82) is 0 Å². The summed E-state index contributed by atoms with van der Waals surface area (Å²) in [6, 6.07) is 21.0. The molecule has 0 radical (unpaired) electrons. The van der Waals surface area contributed by atoms with Gasteiger partial charge in [0.2, 0.25) is 0 Å². The summed E-state index contributed by atoms with van der Waals surface area (Å²) in [5, 5.41) is 1.21. The molecule has 1 fully saturated rings. The third kappa shape index (κ3) is 2.16. The molecule has 0 saturated heterocycles. The standard InChI is InChI=1S/C20H19NO/c22-20-13-7-5-11-17(20)19-14-15-8-4-6-12-18(15)21(19)16-9-2-1-3-10-16/h1-4,6,8-10,12,14,17H,5,7,11,13H2. The predicted molar refractivity (Wildman–Crippen MR) is 89.5 cm³/mol. The quantitative estimate of drug-likeness (QED) is 0.660. The third-order valence-corrected chi connectivity index (χ3v) is 4.67. The Morgan fingerprint density at radius 3 is 2.50 bits per heavy atom. The maximum absolute atomic E-state index is 12.4. The van der Waals surface area contributed by atoms with Crippen molar-refractivity contribution < 1.29 is 4.79 Å². The summed E-state index contributed by atoms with van der Waals surface area (Å²) in [7, 11) is 0. The van der Waals surface area contributed by atoms with Gasteiger partial charge < -0.3 is 4.57 Å². The average Bonchev–Trinajstić information content (AvgIpc) is 2.95. The molecule has 0 bridgehead atoms. The van der Waals surface area contributed by atoms with Gasteiger partial charge in [-0.1, -0.05) is 42.8 Å². The topological polar surface area (TPSA) is 22.0 Å². The van der Waals surface area contributed by atoms with Crippen LogP contribution < -0.4 is 0 Å². The fourth-order valence-corrected chi connectivity index (χ4v) is 3.59. The average molecular weight is 289 g/mol. The molecular weight excluding hydrogens is 270 g/mol. The number of aromatic nitrogens is 1. The summed E-state index contributed by atoms with van der Waals surface area (Å²) < 4.78 is 2.27. The number of fused-ring (bicyclic) bond motifs is 1. The highest BCUT2D eigenvalue weighted by Gasteiger charge is 2.27. The molecule has 110 valence electrons. The van der Waals surface area contributed by atoms with E-state index in [0.717, 1.165) is 37.1 Å². The van der Waals surface area contributed by atoms with E-state index in [1.807, 2.05) is 6.07 Å². The lowest BCUT2D eigenvalue weighted by atomic mass is 9.85. The highest BCUT2D eigenvalue weighted by molar-refractivity contribution is 5.90. The summed E-state index contributed by atoms with van der Waals surface area (Å²) >= 11 is 0. The van der Waals surface area contributed by atoms with Gasteiger partial charge in [-0.05, 0) is 37.1 Å². The largest absolute Gasteiger partial charge is 0.313 e. The van der Waals surface area contributed by atoms with Crippen LogP contribution in [0.25, 0.3) is 16.6 Å². The maximum atomic E-state index is 12.4. The molecule has 0 amide bonds. The van der Waals surface area contributed by atoms with Crippen molar-refractivity contribution in [3.8, 4) is 5.69 Å². The van der Waals surface area contributed by atoms with E-state index in [0.29, 0.717) is 5.78 Å². The van der Waals surface area contributed by atoms with Crippen LogP contribution >= 0.6 is 0 Å². The first-order valence-corrected chi connectivity index (χ1v) is 8.03.